The summed E-state index contributed by atoms with van der Waals surface area (Å²) in [5.74, 6) is 0. The predicted molar refractivity (Wildman–Crippen MR) is 75.3 cm³/mol. The highest BCUT2D eigenvalue weighted by Gasteiger charge is 2.05. The summed E-state index contributed by atoms with van der Waals surface area (Å²) in [4.78, 5) is 15.6. The molecule has 0 fully saturated rings. The molecule has 0 aliphatic rings. The molecule has 19 heavy (non-hydrogen) atoms. The van der Waals surface area contributed by atoms with Crippen molar-refractivity contribution in [1.29, 1.82) is 0 Å². The van der Waals surface area contributed by atoms with Gasteiger partial charge in [-0.15, -0.1) is 0 Å². The molecule has 1 aromatic heterocycles. The molecule has 0 spiro atoms. The number of benzene rings is 2. The minimum Gasteiger partial charge on any atom is -0.453 e. The number of carbonyl (C=O) groups excluding carboxylic acids is 1. The third-order valence-electron chi connectivity index (χ3n) is 3.02. The van der Waals surface area contributed by atoms with Crippen molar-refractivity contribution < 1.29 is 9.53 Å². The zero-order chi connectivity index (χ0) is 13.2. The Balaban J connectivity index is 2.19. The second kappa shape index (κ2) is 4.57. The molecule has 1 amide bonds. The van der Waals surface area contributed by atoms with E-state index in [1.807, 2.05) is 42.5 Å². The number of fused-ring (bicyclic) bond motifs is 3. The fraction of sp³-hybridized carbons (Fsp3) is 0.0667. The number of amides is 1. The molecule has 0 atom stereocenters. The van der Waals surface area contributed by atoms with Gasteiger partial charge in [0.2, 0.25) is 0 Å². The van der Waals surface area contributed by atoms with Gasteiger partial charge in [0.1, 0.15) is 0 Å². The number of aromatic nitrogens is 1. The monoisotopic (exact) mass is 252 g/mol. The van der Waals surface area contributed by atoms with Gasteiger partial charge >= 0.3 is 6.09 Å². The van der Waals surface area contributed by atoms with Gasteiger partial charge in [0.25, 0.3) is 0 Å². The summed E-state index contributed by atoms with van der Waals surface area (Å²) >= 11 is 0. The van der Waals surface area contributed by atoms with Crippen molar-refractivity contribution in [2.24, 2.45) is 0 Å². The zero-order valence-corrected chi connectivity index (χ0v) is 10.4. The van der Waals surface area contributed by atoms with Gasteiger partial charge in [0.05, 0.1) is 12.6 Å². The Kier molecular flexibility index (Phi) is 2.76. The molecule has 4 heteroatoms. The Morgan fingerprint density at radius 3 is 2.79 bits per heavy atom. The largest absolute Gasteiger partial charge is 0.453 e. The molecule has 0 aliphatic heterocycles. The fourth-order valence-corrected chi connectivity index (χ4v) is 2.11. The molecule has 0 unspecified atom stereocenters. The molecule has 0 saturated heterocycles. The lowest BCUT2D eigenvalue weighted by Gasteiger charge is -2.07. The summed E-state index contributed by atoms with van der Waals surface area (Å²) in [6.45, 7) is 0. The Labute approximate surface area is 110 Å². The van der Waals surface area contributed by atoms with Crippen molar-refractivity contribution in [3.63, 3.8) is 0 Å². The maximum atomic E-state index is 11.2. The Hall–Kier alpha value is -2.62. The Bertz CT molecular complexity index is 768. The number of nitrogens with one attached hydrogen (secondary N) is 1. The van der Waals surface area contributed by atoms with Crippen molar-refractivity contribution >= 4 is 33.5 Å². The molecule has 1 heterocycles. The molecular formula is C15H12N2O2. The standard InChI is InChI=1S/C15H12N2O2/c1-19-15(18)17-12-7-6-10-4-5-11-3-2-8-16-14(11)13(10)9-12/h2-9H,1H3,(H,17,18). The molecule has 2 aromatic carbocycles. The molecule has 94 valence electrons. The van der Waals surface area contributed by atoms with Crippen molar-refractivity contribution in [2.45, 2.75) is 0 Å². The molecule has 0 radical (unpaired) electrons. The maximum absolute atomic E-state index is 11.2. The van der Waals surface area contributed by atoms with Crippen LogP contribution in [0.2, 0.25) is 0 Å². The number of hydrogen-bond donors (Lipinski definition) is 1. The average molecular weight is 252 g/mol. The average Bonchev–Trinajstić information content (AvgIpc) is 2.47. The fourth-order valence-electron chi connectivity index (χ4n) is 2.11. The van der Waals surface area contributed by atoms with E-state index in [4.69, 9.17) is 0 Å². The minimum atomic E-state index is -0.479. The van der Waals surface area contributed by atoms with Crippen LogP contribution < -0.4 is 5.32 Å². The number of nitrogens with zero attached hydrogens (tertiary/aromatic N) is 1. The SMILES string of the molecule is COC(=O)Nc1ccc2ccc3cccnc3c2c1. The highest BCUT2D eigenvalue weighted by Crippen LogP contribution is 2.26. The summed E-state index contributed by atoms with van der Waals surface area (Å²) < 4.78 is 4.59. The lowest BCUT2D eigenvalue weighted by atomic mass is 10.1. The van der Waals surface area contributed by atoms with E-state index in [2.05, 4.69) is 15.0 Å². The smallest absolute Gasteiger partial charge is 0.411 e. The van der Waals surface area contributed by atoms with Crippen molar-refractivity contribution in [3.8, 4) is 0 Å². The van der Waals surface area contributed by atoms with Gasteiger partial charge < -0.3 is 4.74 Å². The number of ether oxygens (including phenoxy) is 1. The van der Waals surface area contributed by atoms with Gasteiger partial charge in [-0.05, 0) is 23.6 Å². The summed E-state index contributed by atoms with van der Waals surface area (Å²) in [5.41, 5.74) is 1.62. The van der Waals surface area contributed by atoms with Crippen molar-refractivity contribution in [3.05, 3.63) is 48.7 Å². The second-order valence-corrected chi connectivity index (χ2v) is 4.19. The van der Waals surface area contributed by atoms with Crippen LogP contribution in [0, 0.1) is 0 Å². The number of rotatable bonds is 1. The van der Waals surface area contributed by atoms with E-state index in [1.165, 1.54) is 7.11 Å². The highest BCUT2D eigenvalue weighted by atomic mass is 16.5. The quantitative estimate of drug-likeness (QED) is 0.673. The molecule has 0 bridgehead atoms. The Morgan fingerprint density at radius 1 is 1.16 bits per heavy atom. The van der Waals surface area contributed by atoms with Crippen LogP contribution in [0.3, 0.4) is 0 Å². The maximum Gasteiger partial charge on any atom is 0.411 e. The normalized spacial score (nSPS) is 10.6. The summed E-state index contributed by atoms with van der Waals surface area (Å²) in [6.07, 6.45) is 1.29. The molecule has 4 nitrogen and oxygen atoms in total. The molecule has 1 N–H and O–H groups in total. The topological polar surface area (TPSA) is 51.2 Å². The van der Waals surface area contributed by atoms with Crippen LogP contribution in [-0.4, -0.2) is 18.2 Å². The van der Waals surface area contributed by atoms with E-state index >= 15 is 0 Å². The number of anilines is 1. The van der Waals surface area contributed by atoms with E-state index in [9.17, 15) is 4.79 Å². The van der Waals surface area contributed by atoms with Crippen LogP contribution in [0.5, 0.6) is 0 Å². The van der Waals surface area contributed by atoms with Crippen LogP contribution in [0.25, 0.3) is 21.7 Å². The van der Waals surface area contributed by atoms with Crippen LogP contribution in [0.15, 0.2) is 48.7 Å². The lowest BCUT2D eigenvalue weighted by molar-refractivity contribution is 0.187. The van der Waals surface area contributed by atoms with Gasteiger partial charge in [0.15, 0.2) is 0 Å². The number of pyridine rings is 1. The van der Waals surface area contributed by atoms with E-state index in [0.717, 1.165) is 21.7 Å². The molecular weight excluding hydrogens is 240 g/mol. The van der Waals surface area contributed by atoms with E-state index in [0.29, 0.717) is 5.69 Å². The van der Waals surface area contributed by atoms with Gasteiger partial charge in [-0.1, -0.05) is 24.3 Å². The first-order valence-corrected chi connectivity index (χ1v) is 5.90. The minimum absolute atomic E-state index is 0.479. The lowest BCUT2D eigenvalue weighted by Crippen LogP contribution is -2.10. The third-order valence-corrected chi connectivity index (χ3v) is 3.02. The summed E-state index contributed by atoms with van der Waals surface area (Å²) in [7, 11) is 1.34. The first kappa shape index (κ1) is 11.5. The number of methoxy groups -OCH3 is 1. The molecule has 0 aliphatic carbocycles. The van der Waals surface area contributed by atoms with Gasteiger partial charge in [-0.25, -0.2) is 4.79 Å². The van der Waals surface area contributed by atoms with Gasteiger partial charge in [0, 0.05) is 22.7 Å². The van der Waals surface area contributed by atoms with E-state index in [1.54, 1.807) is 6.20 Å². The second-order valence-electron chi connectivity index (χ2n) is 4.19. The van der Waals surface area contributed by atoms with Gasteiger partial charge in [-0.2, -0.15) is 0 Å². The first-order chi connectivity index (χ1) is 9.28. The third kappa shape index (κ3) is 2.08. The van der Waals surface area contributed by atoms with Crippen molar-refractivity contribution in [2.75, 3.05) is 12.4 Å². The van der Waals surface area contributed by atoms with Crippen LogP contribution in [-0.2, 0) is 4.74 Å². The van der Waals surface area contributed by atoms with Gasteiger partial charge in [-0.3, -0.25) is 10.3 Å². The Morgan fingerprint density at radius 2 is 1.95 bits per heavy atom. The molecule has 0 saturated carbocycles. The van der Waals surface area contributed by atoms with E-state index < -0.39 is 6.09 Å². The molecule has 3 aromatic rings. The van der Waals surface area contributed by atoms with Crippen LogP contribution in [0.1, 0.15) is 0 Å². The summed E-state index contributed by atoms with van der Waals surface area (Å²) in [5, 5.41) is 5.83. The van der Waals surface area contributed by atoms with E-state index in [-0.39, 0.29) is 0 Å². The van der Waals surface area contributed by atoms with Crippen molar-refractivity contribution in [1.82, 2.24) is 4.98 Å². The zero-order valence-electron chi connectivity index (χ0n) is 10.4. The number of hydrogen-bond acceptors (Lipinski definition) is 3. The summed E-state index contributed by atoms with van der Waals surface area (Å²) in [6, 6.07) is 13.7. The highest BCUT2D eigenvalue weighted by molar-refractivity contribution is 6.06. The molecule has 3 rings (SSSR count). The van der Waals surface area contributed by atoms with Crippen LogP contribution in [0.4, 0.5) is 10.5 Å². The predicted octanol–water partition coefficient (Wildman–Crippen LogP) is 3.57. The first-order valence-electron chi connectivity index (χ1n) is 5.90. The number of carbonyl (C=O) groups is 1. The van der Waals surface area contributed by atoms with Crippen LogP contribution >= 0.6 is 0 Å².